The largest absolute Gasteiger partial charge is 0.495 e. The summed E-state index contributed by atoms with van der Waals surface area (Å²) in [6, 6.07) is 1.22. The number of rotatable bonds is 2. The van der Waals surface area contributed by atoms with E-state index < -0.39 is 4.92 Å². The fourth-order valence-electron chi connectivity index (χ4n) is 0.703. The molecule has 0 aromatic carbocycles. The quantitative estimate of drug-likeness (QED) is 0.516. The minimum absolute atomic E-state index is 0.110. The summed E-state index contributed by atoms with van der Waals surface area (Å²) >= 11 is 0. The Balaban J connectivity index is 3.17. The van der Waals surface area contributed by atoms with Crippen LogP contribution in [0.2, 0.25) is 0 Å². The Hall–Kier alpha value is -1.85. The van der Waals surface area contributed by atoms with E-state index in [4.69, 9.17) is 10.5 Å². The second kappa shape index (κ2) is 3.04. The van der Waals surface area contributed by atoms with E-state index in [0.717, 1.165) is 0 Å². The van der Waals surface area contributed by atoms with Gasteiger partial charge in [0.05, 0.1) is 24.3 Å². The minimum Gasteiger partial charge on any atom is -0.495 e. The first kappa shape index (κ1) is 8.25. The van der Waals surface area contributed by atoms with Gasteiger partial charge >= 0.3 is 5.69 Å². The number of aromatic nitrogens is 1. The summed E-state index contributed by atoms with van der Waals surface area (Å²) < 4.78 is 4.74. The molecule has 0 spiro atoms. The van der Waals surface area contributed by atoms with E-state index in [1.165, 1.54) is 19.4 Å². The summed E-state index contributed by atoms with van der Waals surface area (Å²) in [6.45, 7) is 0. The van der Waals surface area contributed by atoms with Crippen molar-refractivity contribution in [1.82, 2.24) is 4.98 Å². The van der Waals surface area contributed by atoms with Crippen LogP contribution in [0.5, 0.6) is 5.75 Å². The van der Waals surface area contributed by atoms with Crippen LogP contribution in [-0.2, 0) is 0 Å². The molecule has 0 fully saturated rings. The smallest absolute Gasteiger partial charge is 0.314 e. The van der Waals surface area contributed by atoms with E-state index in [1.54, 1.807) is 0 Å². The molecule has 0 aliphatic heterocycles. The molecule has 6 heteroatoms. The van der Waals surface area contributed by atoms with Gasteiger partial charge in [-0.15, -0.1) is 0 Å². The highest BCUT2D eigenvalue weighted by molar-refractivity contribution is 5.54. The number of nitrogens with two attached hydrogens (primary N) is 1. The van der Waals surface area contributed by atoms with Crippen LogP contribution >= 0.6 is 0 Å². The molecule has 1 aromatic heterocycles. The van der Waals surface area contributed by atoms with Gasteiger partial charge in [-0.3, -0.25) is 10.1 Å². The number of pyridine rings is 1. The average Bonchev–Trinajstić information content (AvgIpc) is 2.05. The molecule has 12 heavy (non-hydrogen) atoms. The van der Waals surface area contributed by atoms with Gasteiger partial charge in [-0.25, -0.2) is 4.98 Å². The lowest BCUT2D eigenvalue weighted by molar-refractivity contribution is -0.384. The van der Waals surface area contributed by atoms with E-state index in [-0.39, 0.29) is 11.5 Å². The molecule has 0 saturated carbocycles. The van der Waals surface area contributed by atoms with Gasteiger partial charge in [-0.05, 0) is 0 Å². The zero-order valence-electron chi connectivity index (χ0n) is 6.35. The number of nitrogens with zero attached hydrogens (tertiary/aromatic N) is 2. The van der Waals surface area contributed by atoms with Gasteiger partial charge in [0.15, 0.2) is 0 Å². The lowest BCUT2D eigenvalue weighted by atomic mass is 10.4. The van der Waals surface area contributed by atoms with E-state index in [2.05, 4.69) is 4.98 Å². The zero-order valence-corrected chi connectivity index (χ0v) is 6.35. The maximum atomic E-state index is 10.3. The van der Waals surface area contributed by atoms with Gasteiger partial charge in [0.1, 0.15) is 5.75 Å². The molecular formula is C6H7N3O3. The number of ether oxygens (including phenoxy) is 1. The van der Waals surface area contributed by atoms with Crippen molar-refractivity contribution in [2.75, 3.05) is 12.8 Å². The number of nitro groups is 1. The highest BCUT2D eigenvalue weighted by atomic mass is 16.6. The van der Waals surface area contributed by atoms with Crippen LogP contribution in [0.1, 0.15) is 0 Å². The van der Waals surface area contributed by atoms with Crippen molar-refractivity contribution in [2.45, 2.75) is 0 Å². The molecule has 2 N–H and O–H groups in total. The van der Waals surface area contributed by atoms with Crippen LogP contribution in [0.4, 0.5) is 11.5 Å². The predicted molar refractivity (Wildman–Crippen MR) is 41.9 cm³/mol. The molecule has 0 saturated heterocycles. The van der Waals surface area contributed by atoms with Crippen molar-refractivity contribution >= 4 is 11.5 Å². The molecule has 0 bridgehead atoms. The van der Waals surface area contributed by atoms with Gasteiger partial charge in [0.25, 0.3) is 0 Å². The molecule has 1 rings (SSSR count). The third-order valence-electron chi connectivity index (χ3n) is 1.30. The van der Waals surface area contributed by atoms with Gasteiger partial charge in [0.2, 0.25) is 5.82 Å². The zero-order chi connectivity index (χ0) is 9.14. The molecule has 0 aliphatic rings. The van der Waals surface area contributed by atoms with E-state index in [0.29, 0.717) is 5.75 Å². The van der Waals surface area contributed by atoms with Gasteiger partial charge in [-0.2, -0.15) is 0 Å². The SMILES string of the molecule is COc1cnc(N)c([N+](=O)[O-])c1. The maximum Gasteiger partial charge on any atom is 0.314 e. The molecule has 0 radical (unpaired) electrons. The standard InChI is InChI=1S/C6H7N3O3/c1-12-4-2-5(9(10)11)6(7)8-3-4/h2-3H,1H3,(H2,7,8). The normalized spacial score (nSPS) is 9.42. The van der Waals surface area contributed by atoms with Crippen LogP contribution < -0.4 is 10.5 Å². The monoisotopic (exact) mass is 169 g/mol. The second-order valence-corrected chi connectivity index (χ2v) is 2.04. The Bertz CT molecular complexity index is 313. The first-order valence-electron chi connectivity index (χ1n) is 3.09. The maximum absolute atomic E-state index is 10.3. The summed E-state index contributed by atoms with van der Waals surface area (Å²) in [7, 11) is 1.40. The highest BCUT2D eigenvalue weighted by Crippen LogP contribution is 2.23. The summed E-state index contributed by atoms with van der Waals surface area (Å²) in [4.78, 5) is 13.3. The fourth-order valence-corrected chi connectivity index (χ4v) is 0.703. The Kier molecular flexibility index (Phi) is 2.09. The second-order valence-electron chi connectivity index (χ2n) is 2.04. The van der Waals surface area contributed by atoms with Crippen LogP contribution in [0.25, 0.3) is 0 Å². The topological polar surface area (TPSA) is 91.3 Å². The summed E-state index contributed by atoms with van der Waals surface area (Å²) in [5.41, 5.74) is 5.00. The Morgan fingerprint density at radius 3 is 2.92 bits per heavy atom. The molecule has 0 unspecified atom stereocenters. The van der Waals surface area contributed by atoms with Crippen molar-refractivity contribution in [2.24, 2.45) is 0 Å². The average molecular weight is 169 g/mol. The molecule has 0 aliphatic carbocycles. The first-order valence-corrected chi connectivity index (χ1v) is 3.09. The number of anilines is 1. The van der Waals surface area contributed by atoms with Gasteiger partial charge in [0, 0.05) is 0 Å². The van der Waals surface area contributed by atoms with Crippen LogP contribution in [0.3, 0.4) is 0 Å². The number of nitrogen functional groups attached to an aromatic ring is 1. The number of hydrogen-bond donors (Lipinski definition) is 1. The lowest BCUT2D eigenvalue weighted by Gasteiger charge is -1.99. The van der Waals surface area contributed by atoms with Crippen LogP contribution in [0, 0.1) is 10.1 Å². The molecule has 1 heterocycles. The highest BCUT2D eigenvalue weighted by Gasteiger charge is 2.13. The minimum atomic E-state index is -0.606. The fraction of sp³-hybridized carbons (Fsp3) is 0.167. The first-order chi connectivity index (χ1) is 5.65. The van der Waals surface area contributed by atoms with Gasteiger partial charge in [-0.1, -0.05) is 0 Å². The summed E-state index contributed by atoms with van der Waals surface area (Å²) in [6.07, 6.45) is 1.32. The van der Waals surface area contributed by atoms with Gasteiger partial charge < -0.3 is 10.5 Å². The Labute approximate surface area is 68.1 Å². The van der Waals surface area contributed by atoms with Crippen LogP contribution in [0.15, 0.2) is 12.3 Å². The van der Waals surface area contributed by atoms with Crippen molar-refractivity contribution in [1.29, 1.82) is 0 Å². The van der Waals surface area contributed by atoms with Crippen molar-refractivity contribution in [3.63, 3.8) is 0 Å². The van der Waals surface area contributed by atoms with Crippen molar-refractivity contribution in [3.8, 4) is 5.75 Å². The molecule has 0 amide bonds. The molecule has 1 aromatic rings. The van der Waals surface area contributed by atoms with E-state index in [9.17, 15) is 10.1 Å². The molecule has 0 atom stereocenters. The van der Waals surface area contributed by atoms with E-state index in [1.807, 2.05) is 0 Å². The van der Waals surface area contributed by atoms with Crippen LogP contribution in [-0.4, -0.2) is 17.0 Å². The van der Waals surface area contributed by atoms with Crippen molar-refractivity contribution in [3.05, 3.63) is 22.4 Å². The summed E-state index contributed by atoms with van der Waals surface area (Å²) in [5, 5.41) is 10.3. The predicted octanol–water partition coefficient (Wildman–Crippen LogP) is 0.581. The Morgan fingerprint density at radius 1 is 1.75 bits per heavy atom. The molecular weight excluding hydrogens is 162 g/mol. The lowest BCUT2D eigenvalue weighted by Crippen LogP contribution is -1.98. The Morgan fingerprint density at radius 2 is 2.42 bits per heavy atom. The third kappa shape index (κ3) is 1.42. The number of methoxy groups -OCH3 is 1. The molecule has 6 nitrogen and oxygen atoms in total. The summed E-state index contributed by atoms with van der Waals surface area (Å²) in [5.74, 6) is 0.205. The molecule has 64 valence electrons. The third-order valence-corrected chi connectivity index (χ3v) is 1.30. The van der Waals surface area contributed by atoms with E-state index >= 15 is 0 Å². The van der Waals surface area contributed by atoms with Crippen molar-refractivity contribution < 1.29 is 9.66 Å². The number of hydrogen-bond acceptors (Lipinski definition) is 5.